The number of halogens is 2. The summed E-state index contributed by atoms with van der Waals surface area (Å²) in [4.78, 5) is 0. The lowest BCUT2D eigenvalue weighted by Crippen LogP contribution is -2.29. The molecule has 1 saturated heterocycles. The molecule has 1 heterocycles. The van der Waals surface area contributed by atoms with Gasteiger partial charge >= 0.3 is 0 Å². The van der Waals surface area contributed by atoms with Crippen LogP contribution in [-0.2, 0) is 0 Å². The van der Waals surface area contributed by atoms with Crippen molar-refractivity contribution in [3.8, 4) is 5.75 Å². The highest BCUT2D eigenvalue weighted by molar-refractivity contribution is 6.32. The number of nitrogens with one attached hydrogen (secondary N) is 1. The van der Waals surface area contributed by atoms with E-state index in [2.05, 4.69) is 5.32 Å². The van der Waals surface area contributed by atoms with Crippen molar-refractivity contribution in [1.82, 2.24) is 5.32 Å². The maximum absolute atomic E-state index is 13.8. The Morgan fingerprint density at radius 2 is 2.29 bits per heavy atom. The SMILES string of the molecule is COc1c(Cl)cc(F)c(C)c1C1CCCNC1. The average Bonchev–Trinajstić information content (AvgIpc) is 2.34. The fourth-order valence-corrected chi connectivity index (χ4v) is 2.78. The summed E-state index contributed by atoms with van der Waals surface area (Å²) in [5.41, 5.74) is 1.57. The standard InChI is InChI=1S/C13H17ClFNO/c1-8-11(15)6-10(14)13(17-2)12(8)9-4-3-5-16-7-9/h6,9,16H,3-5,7H2,1-2H3. The van der Waals surface area contributed by atoms with Gasteiger partial charge in [0, 0.05) is 18.0 Å². The Morgan fingerprint density at radius 1 is 1.53 bits per heavy atom. The molecule has 2 nitrogen and oxygen atoms in total. The molecule has 0 amide bonds. The minimum absolute atomic E-state index is 0.253. The Kier molecular flexibility index (Phi) is 3.89. The minimum Gasteiger partial charge on any atom is -0.495 e. The van der Waals surface area contributed by atoms with Crippen LogP contribution < -0.4 is 10.1 Å². The van der Waals surface area contributed by atoms with Gasteiger partial charge in [0.2, 0.25) is 0 Å². The molecule has 1 aromatic rings. The Bertz CT molecular complexity index is 416. The van der Waals surface area contributed by atoms with Gasteiger partial charge in [0.15, 0.2) is 0 Å². The molecule has 1 N–H and O–H groups in total. The lowest BCUT2D eigenvalue weighted by Gasteiger charge is -2.26. The third-order valence-electron chi connectivity index (χ3n) is 3.39. The van der Waals surface area contributed by atoms with Crippen molar-refractivity contribution in [3.63, 3.8) is 0 Å². The van der Waals surface area contributed by atoms with Crippen LogP contribution in [0, 0.1) is 12.7 Å². The second-order valence-electron chi connectivity index (χ2n) is 4.46. The molecule has 17 heavy (non-hydrogen) atoms. The van der Waals surface area contributed by atoms with Crippen molar-refractivity contribution in [1.29, 1.82) is 0 Å². The van der Waals surface area contributed by atoms with Gasteiger partial charge in [-0.05, 0) is 37.9 Å². The van der Waals surface area contributed by atoms with E-state index in [9.17, 15) is 4.39 Å². The molecule has 0 radical (unpaired) electrons. The highest BCUT2D eigenvalue weighted by atomic mass is 35.5. The average molecular weight is 258 g/mol. The van der Waals surface area contributed by atoms with Gasteiger partial charge in [-0.25, -0.2) is 4.39 Å². The van der Waals surface area contributed by atoms with Crippen molar-refractivity contribution in [2.75, 3.05) is 20.2 Å². The van der Waals surface area contributed by atoms with E-state index in [0.717, 1.165) is 31.5 Å². The summed E-state index contributed by atoms with van der Waals surface area (Å²) in [7, 11) is 1.58. The van der Waals surface area contributed by atoms with Crippen LogP contribution in [0.25, 0.3) is 0 Å². The molecule has 1 aliphatic rings. The highest BCUT2D eigenvalue weighted by Crippen LogP contribution is 2.39. The monoisotopic (exact) mass is 257 g/mol. The van der Waals surface area contributed by atoms with Crippen molar-refractivity contribution >= 4 is 11.6 Å². The Balaban J connectivity index is 2.48. The van der Waals surface area contributed by atoms with E-state index in [-0.39, 0.29) is 11.7 Å². The van der Waals surface area contributed by atoms with Gasteiger partial charge in [-0.2, -0.15) is 0 Å². The van der Waals surface area contributed by atoms with Gasteiger partial charge in [0.25, 0.3) is 0 Å². The summed E-state index contributed by atoms with van der Waals surface area (Å²) in [6.07, 6.45) is 2.14. The highest BCUT2D eigenvalue weighted by Gasteiger charge is 2.24. The second-order valence-corrected chi connectivity index (χ2v) is 4.86. The molecule has 1 aromatic carbocycles. The minimum atomic E-state index is -0.253. The molecule has 0 aliphatic carbocycles. The van der Waals surface area contributed by atoms with Gasteiger partial charge in [-0.1, -0.05) is 11.6 Å². The summed E-state index contributed by atoms with van der Waals surface area (Å²) in [5.74, 6) is 0.655. The van der Waals surface area contributed by atoms with E-state index < -0.39 is 0 Å². The van der Waals surface area contributed by atoms with Crippen LogP contribution in [-0.4, -0.2) is 20.2 Å². The Morgan fingerprint density at radius 3 is 2.88 bits per heavy atom. The Labute approximate surface area is 106 Å². The predicted octanol–water partition coefficient (Wildman–Crippen LogP) is 3.26. The zero-order chi connectivity index (χ0) is 12.4. The molecule has 4 heteroatoms. The molecular weight excluding hydrogens is 241 g/mol. The third-order valence-corrected chi connectivity index (χ3v) is 3.67. The number of rotatable bonds is 2. The summed E-state index contributed by atoms with van der Waals surface area (Å²) >= 11 is 6.04. The lowest BCUT2D eigenvalue weighted by molar-refractivity contribution is 0.389. The molecule has 0 aromatic heterocycles. The fourth-order valence-electron chi connectivity index (χ4n) is 2.51. The van der Waals surface area contributed by atoms with Crippen molar-refractivity contribution in [2.45, 2.75) is 25.7 Å². The van der Waals surface area contributed by atoms with Crippen LogP contribution >= 0.6 is 11.6 Å². The molecule has 94 valence electrons. The molecular formula is C13H17ClFNO. The smallest absolute Gasteiger partial charge is 0.141 e. The third kappa shape index (κ3) is 2.40. The second kappa shape index (κ2) is 5.23. The van der Waals surface area contributed by atoms with E-state index in [4.69, 9.17) is 16.3 Å². The van der Waals surface area contributed by atoms with E-state index >= 15 is 0 Å². The topological polar surface area (TPSA) is 21.3 Å². The first-order chi connectivity index (χ1) is 8.15. The van der Waals surface area contributed by atoms with E-state index in [0.29, 0.717) is 16.3 Å². The number of hydrogen-bond donors (Lipinski definition) is 1. The van der Waals surface area contributed by atoms with Gasteiger partial charge in [0.05, 0.1) is 12.1 Å². The van der Waals surface area contributed by atoms with Crippen LogP contribution in [0.4, 0.5) is 4.39 Å². The summed E-state index contributed by atoms with van der Waals surface area (Å²) in [6.45, 7) is 3.68. The largest absolute Gasteiger partial charge is 0.495 e. The summed E-state index contributed by atoms with van der Waals surface area (Å²) in [6, 6.07) is 1.33. The van der Waals surface area contributed by atoms with Gasteiger partial charge in [-0.15, -0.1) is 0 Å². The quantitative estimate of drug-likeness (QED) is 0.878. The fraction of sp³-hybridized carbons (Fsp3) is 0.538. The lowest BCUT2D eigenvalue weighted by atomic mass is 9.88. The molecule has 1 aliphatic heterocycles. The molecule has 2 rings (SSSR count). The van der Waals surface area contributed by atoms with Crippen LogP contribution in [0.15, 0.2) is 6.07 Å². The van der Waals surface area contributed by atoms with Gasteiger partial charge < -0.3 is 10.1 Å². The predicted molar refractivity (Wildman–Crippen MR) is 67.5 cm³/mol. The van der Waals surface area contributed by atoms with E-state index in [1.54, 1.807) is 14.0 Å². The molecule has 1 atom stereocenters. The number of ether oxygens (including phenoxy) is 1. The summed E-state index contributed by atoms with van der Waals surface area (Å²) < 4.78 is 19.1. The molecule has 0 spiro atoms. The molecule has 0 bridgehead atoms. The number of methoxy groups -OCH3 is 1. The van der Waals surface area contributed by atoms with Gasteiger partial charge in [-0.3, -0.25) is 0 Å². The first-order valence-corrected chi connectivity index (χ1v) is 6.26. The van der Waals surface area contributed by atoms with E-state index in [1.807, 2.05) is 0 Å². The van der Waals surface area contributed by atoms with Gasteiger partial charge in [0.1, 0.15) is 11.6 Å². The zero-order valence-electron chi connectivity index (χ0n) is 10.1. The normalized spacial score (nSPS) is 20.4. The summed E-state index contributed by atoms with van der Waals surface area (Å²) in [5, 5.41) is 3.69. The molecule has 1 fully saturated rings. The van der Waals surface area contributed by atoms with E-state index in [1.165, 1.54) is 6.07 Å². The van der Waals surface area contributed by atoms with Crippen molar-refractivity contribution in [3.05, 3.63) is 28.0 Å². The first kappa shape index (κ1) is 12.7. The zero-order valence-corrected chi connectivity index (χ0v) is 10.9. The molecule has 0 saturated carbocycles. The van der Waals surface area contributed by atoms with Crippen molar-refractivity contribution < 1.29 is 9.13 Å². The van der Waals surface area contributed by atoms with Crippen LogP contribution in [0.2, 0.25) is 5.02 Å². The van der Waals surface area contributed by atoms with Crippen LogP contribution in [0.3, 0.4) is 0 Å². The number of piperidine rings is 1. The maximum Gasteiger partial charge on any atom is 0.141 e. The number of hydrogen-bond acceptors (Lipinski definition) is 2. The van der Waals surface area contributed by atoms with Crippen molar-refractivity contribution in [2.24, 2.45) is 0 Å². The maximum atomic E-state index is 13.8. The number of benzene rings is 1. The first-order valence-electron chi connectivity index (χ1n) is 5.88. The van der Waals surface area contributed by atoms with Crippen LogP contribution in [0.1, 0.15) is 29.9 Å². The molecule has 1 unspecified atom stereocenters. The Hall–Kier alpha value is -0.800. The van der Waals surface area contributed by atoms with Crippen LogP contribution in [0.5, 0.6) is 5.75 Å².